The van der Waals surface area contributed by atoms with Crippen molar-refractivity contribution >= 4 is 10.0 Å². The molecule has 4 nitrogen and oxygen atoms in total. The minimum Gasteiger partial charge on any atom is -0.317 e. The van der Waals surface area contributed by atoms with Crippen LogP contribution in [0.25, 0.3) is 0 Å². The van der Waals surface area contributed by atoms with Gasteiger partial charge in [0.1, 0.15) is 0 Å². The third kappa shape index (κ3) is 2.05. The molecule has 88 valence electrons. The Bertz CT molecular complexity index is 333. The Kier molecular flexibility index (Phi) is 2.81. The third-order valence-electron chi connectivity index (χ3n) is 4.08. The smallest absolute Gasteiger partial charge is 0.211 e. The minimum atomic E-state index is -3.00. The lowest BCUT2D eigenvalue weighted by Crippen LogP contribution is -2.41. The van der Waals surface area contributed by atoms with E-state index < -0.39 is 10.0 Å². The van der Waals surface area contributed by atoms with Gasteiger partial charge in [-0.25, -0.2) is 12.7 Å². The first-order chi connectivity index (χ1) is 6.94. The van der Waals surface area contributed by atoms with Gasteiger partial charge in [0.2, 0.25) is 10.0 Å². The number of piperidine rings is 1. The van der Waals surface area contributed by atoms with Crippen molar-refractivity contribution in [2.75, 3.05) is 32.4 Å². The van der Waals surface area contributed by atoms with E-state index in [4.69, 9.17) is 0 Å². The van der Waals surface area contributed by atoms with Crippen molar-refractivity contribution in [3.63, 3.8) is 0 Å². The molecule has 1 spiro atoms. The molecule has 1 N–H and O–H groups in total. The van der Waals surface area contributed by atoms with Gasteiger partial charge in [-0.1, -0.05) is 6.92 Å². The van der Waals surface area contributed by atoms with Crippen molar-refractivity contribution in [3.05, 3.63) is 0 Å². The van der Waals surface area contributed by atoms with Gasteiger partial charge in [0.05, 0.1) is 6.26 Å². The summed E-state index contributed by atoms with van der Waals surface area (Å²) in [4.78, 5) is 0. The zero-order valence-corrected chi connectivity index (χ0v) is 10.3. The summed E-state index contributed by atoms with van der Waals surface area (Å²) in [6.07, 6.45) is 3.54. The molecule has 0 bridgehead atoms. The summed E-state index contributed by atoms with van der Waals surface area (Å²) < 4.78 is 24.7. The summed E-state index contributed by atoms with van der Waals surface area (Å²) in [6, 6.07) is 0. The zero-order valence-electron chi connectivity index (χ0n) is 9.49. The molecule has 2 aliphatic heterocycles. The molecule has 2 aliphatic rings. The van der Waals surface area contributed by atoms with E-state index >= 15 is 0 Å². The van der Waals surface area contributed by atoms with Crippen LogP contribution in [0.5, 0.6) is 0 Å². The molecular weight excluding hydrogens is 212 g/mol. The second-order valence-corrected chi connectivity index (χ2v) is 7.05. The predicted molar refractivity (Wildman–Crippen MR) is 60.1 cm³/mol. The predicted octanol–water partition coefficient (Wildman–Crippen LogP) is 0.267. The third-order valence-corrected chi connectivity index (χ3v) is 5.30. The van der Waals surface area contributed by atoms with E-state index in [1.54, 1.807) is 4.31 Å². The SMILES string of the molecule is C[C@@H]1CN(S(C)(=O)=O)CC12CCNCC2. The lowest BCUT2D eigenvalue weighted by atomic mass is 9.72. The van der Waals surface area contributed by atoms with E-state index in [2.05, 4.69) is 12.2 Å². The van der Waals surface area contributed by atoms with Crippen molar-refractivity contribution in [2.45, 2.75) is 19.8 Å². The maximum Gasteiger partial charge on any atom is 0.211 e. The van der Waals surface area contributed by atoms with Crippen molar-refractivity contribution < 1.29 is 8.42 Å². The number of hydrogen-bond acceptors (Lipinski definition) is 3. The highest BCUT2D eigenvalue weighted by atomic mass is 32.2. The molecule has 0 aromatic carbocycles. The van der Waals surface area contributed by atoms with Gasteiger partial charge in [-0.05, 0) is 37.3 Å². The Hall–Kier alpha value is -0.130. The fourth-order valence-electron chi connectivity index (χ4n) is 2.90. The Morgan fingerprint density at radius 1 is 1.33 bits per heavy atom. The van der Waals surface area contributed by atoms with E-state index in [0.717, 1.165) is 32.5 Å². The van der Waals surface area contributed by atoms with Crippen LogP contribution in [0.15, 0.2) is 0 Å². The average molecular weight is 232 g/mol. The summed E-state index contributed by atoms with van der Waals surface area (Å²) in [5.74, 6) is 0.495. The molecule has 2 rings (SSSR count). The van der Waals surface area contributed by atoms with Crippen molar-refractivity contribution in [3.8, 4) is 0 Å². The quantitative estimate of drug-likeness (QED) is 0.706. The second-order valence-electron chi connectivity index (χ2n) is 5.07. The van der Waals surface area contributed by atoms with E-state index in [0.29, 0.717) is 12.5 Å². The second kappa shape index (κ2) is 3.71. The van der Waals surface area contributed by atoms with Crippen molar-refractivity contribution in [2.24, 2.45) is 11.3 Å². The molecule has 0 aliphatic carbocycles. The lowest BCUT2D eigenvalue weighted by Gasteiger charge is -2.37. The van der Waals surface area contributed by atoms with Crippen LogP contribution in [0.2, 0.25) is 0 Å². The van der Waals surface area contributed by atoms with E-state index in [1.165, 1.54) is 6.26 Å². The summed E-state index contributed by atoms with van der Waals surface area (Å²) in [5, 5.41) is 3.34. The highest BCUT2D eigenvalue weighted by Crippen LogP contribution is 2.43. The van der Waals surface area contributed by atoms with Crippen molar-refractivity contribution in [1.29, 1.82) is 0 Å². The van der Waals surface area contributed by atoms with Gasteiger partial charge < -0.3 is 5.32 Å². The zero-order chi connectivity index (χ0) is 11.1. The highest BCUT2D eigenvalue weighted by molar-refractivity contribution is 7.88. The molecule has 0 aromatic rings. The molecule has 2 heterocycles. The fraction of sp³-hybridized carbons (Fsp3) is 1.00. The van der Waals surface area contributed by atoms with Crippen LogP contribution in [0.3, 0.4) is 0 Å². The molecule has 0 saturated carbocycles. The molecule has 15 heavy (non-hydrogen) atoms. The first kappa shape index (κ1) is 11.4. The number of nitrogens with zero attached hydrogens (tertiary/aromatic N) is 1. The van der Waals surface area contributed by atoms with Crippen molar-refractivity contribution in [1.82, 2.24) is 9.62 Å². The topological polar surface area (TPSA) is 49.4 Å². The molecule has 0 amide bonds. The fourth-order valence-corrected chi connectivity index (χ4v) is 3.88. The average Bonchev–Trinajstić information content (AvgIpc) is 2.45. The molecule has 0 aromatic heterocycles. The minimum absolute atomic E-state index is 0.244. The van der Waals surface area contributed by atoms with Gasteiger partial charge in [-0.2, -0.15) is 0 Å². The number of hydrogen-bond donors (Lipinski definition) is 1. The van der Waals surface area contributed by atoms with Crippen LogP contribution in [0.1, 0.15) is 19.8 Å². The van der Waals surface area contributed by atoms with Gasteiger partial charge in [-0.15, -0.1) is 0 Å². The summed E-state index contributed by atoms with van der Waals surface area (Å²) in [5.41, 5.74) is 0.244. The van der Waals surface area contributed by atoms with Crippen LogP contribution < -0.4 is 5.32 Å². The van der Waals surface area contributed by atoms with Crippen LogP contribution >= 0.6 is 0 Å². The van der Waals surface area contributed by atoms with Crippen LogP contribution in [-0.2, 0) is 10.0 Å². The molecule has 2 fully saturated rings. The number of rotatable bonds is 1. The Balaban J connectivity index is 2.16. The Morgan fingerprint density at radius 2 is 1.93 bits per heavy atom. The van der Waals surface area contributed by atoms with Gasteiger partial charge in [0.25, 0.3) is 0 Å². The van der Waals surface area contributed by atoms with Crippen LogP contribution in [0.4, 0.5) is 0 Å². The van der Waals surface area contributed by atoms with Gasteiger partial charge >= 0.3 is 0 Å². The number of nitrogens with one attached hydrogen (secondary N) is 1. The molecule has 1 atom stereocenters. The monoisotopic (exact) mass is 232 g/mol. The van der Waals surface area contributed by atoms with Crippen LogP contribution in [0, 0.1) is 11.3 Å². The summed E-state index contributed by atoms with van der Waals surface area (Å²) >= 11 is 0. The van der Waals surface area contributed by atoms with Crippen LogP contribution in [-0.4, -0.2) is 45.2 Å². The summed E-state index contributed by atoms with van der Waals surface area (Å²) in [7, 11) is -3.00. The Morgan fingerprint density at radius 3 is 2.40 bits per heavy atom. The number of sulfonamides is 1. The van der Waals surface area contributed by atoms with E-state index in [9.17, 15) is 8.42 Å². The summed E-state index contributed by atoms with van der Waals surface area (Å²) in [6.45, 7) is 5.69. The first-order valence-corrected chi connectivity index (χ1v) is 7.45. The maximum absolute atomic E-state index is 11.5. The molecule has 0 unspecified atom stereocenters. The van der Waals surface area contributed by atoms with E-state index in [1.807, 2.05) is 0 Å². The normalized spacial score (nSPS) is 32.3. The molecule has 0 radical (unpaired) electrons. The van der Waals surface area contributed by atoms with E-state index in [-0.39, 0.29) is 5.41 Å². The standard InChI is InChI=1S/C10H20N2O2S/c1-9-7-12(15(2,13)14)8-10(9)3-5-11-6-4-10/h9,11H,3-8H2,1-2H3/t9-/m1/s1. The highest BCUT2D eigenvalue weighted by Gasteiger charge is 2.46. The van der Waals surface area contributed by atoms with Gasteiger partial charge in [0.15, 0.2) is 0 Å². The molecular formula is C10H20N2O2S. The van der Waals surface area contributed by atoms with Gasteiger partial charge in [0, 0.05) is 13.1 Å². The molecule has 2 saturated heterocycles. The molecule has 5 heteroatoms. The van der Waals surface area contributed by atoms with Gasteiger partial charge in [-0.3, -0.25) is 0 Å². The maximum atomic E-state index is 11.5. The Labute approximate surface area is 92.1 Å². The first-order valence-electron chi connectivity index (χ1n) is 5.60. The largest absolute Gasteiger partial charge is 0.317 e. The lowest BCUT2D eigenvalue weighted by molar-refractivity contribution is 0.166.